The standard InChI is InChI=1S/C24H19N3O2/c28-24-21-16(13-25-24)19-14-5-1-3-7-17(14)26-9-11-29-12-10-27-18-8-4-2-6-15(18)20(21)23(27)22(19)26/h1-8H,9-13H2,(H,25,28). The first-order valence-corrected chi connectivity index (χ1v) is 10.2. The topological polar surface area (TPSA) is 48.2 Å². The lowest BCUT2D eigenvalue weighted by atomic mass is 9.97. The van der Waals surface area contributed by atoms with Gasteiger partial charge in [-0.1, -0.05) is 36.4 Å². The van der Waals surface area contributed by atoms with Gasteiger partial charge in [-0.25, -0.2) is 0 Å². The minimum Gasteiger partial charge on any atom is -0.378 e. The number of fused-ring (bicyclic) bond motifs is 9. The van der Waals surface area contributed by atoms with Crippen molar-refractivity contribution < 1.29 is 9.53 Å². The summed E-state index contributed by atoms with van der Waals surface area (Å²) in [6.07, 6.45) is 0. The molecule has 2 aliphatic heterocycles. The van der Waals surface area contributed by atoms with Crippen molar-refractivity contribution in [2.24, 2.45) is 0 Å². The summed E-state index contributed by atoms with van der Waals surface area (Å²) >= 11 is 0. The van der Waals surface area contributed by atoms with E-state index in [-0.39, 0.29) is 5.91 Å². The van der Waals surface area contributed by atoms with Crippen LogP contribution >= 0.6 is 0 Å². The zero-order chi connectivity index (χ0) is 19.1. The number of carbonyl (C=O) groups excluding carboxylic acids is 1. The molecule has 29 heavy (non-hydrogen) atoms. The fourth-order valence-corrected chi connectivity index (χ4v) is 5.50. The number of benzene rings is 3. The van der Waals surface area contributed by atoms with Crippen LogP contribution in [0.4, 0.5) is 0 Å². The Morgan fingerprint density at radius 1 is 0.793 bits per heavy atom. The quantitative estimate of drug-likeness (QED) is 0.438. The lowest BCUT2D eigenvalue weighted by molar-refractivity contribution is 0.0967. The maximum absolute atomic E-state index is 13.0. The Morgan fingerprint density at radius 2 is 1.38 bits per heavy atom. The van der Waals surface area contributed by atoms with Crippen molar-refractivity contribution in [3.05, 3.63) is 59.7 Å². The smallest absolute Gasteiger partial charge is 0.252 e. The minimum absolute atomic E-state index is 0.0396. The first-order chi connectivity index (χ1) is 14.3. The molecule has 0 fully saturated rings. The molecule has 2 aromatic heterocycles. The van der Waals surface area contributed by atoms with Crippen LogP contribution in [0.1, 0.15) is 15.9 Å². The molecule has 0 bridgehead atoms. The molecule has 0 unspecified atom stereocenters. The van der Waals surface area contributed by atoms with Gasteiger partial charge in [0.05, 0.1) is 29.8 Å². The van der Waals surface area contributed by atoms with Gasteiger partial charge in [0.15, 0.2) is 0 Å². The zero-order valence-corrected chi connectivity index (χ0v) is 15.9. The Bertz CT molecular complexity index is 1510. The highest BCUT2D eigenvalue weighted by molar-refractivity contribution is 6.30. The second-order valence-electron chi connectivity index (χ2n) is 7.93. The van der Waals surface area contributed by atoms with Crippen molar-refractivity contribution in [1.29, 1.82) is 0 Å². The van der Waals surface area contributed by atoms with E-state index in [4.69, 9.17) is 4.74 Å². The number of aromatic nitrogens is 2. The fraction of sp³-hybridized carbons (Fsp3) is 0.208. The van der Waals surface area contributed by atoms with E-state index in [2.05, 4.69) is 63.0 Å². The van der Waals surface area contributed by atoms with E-state index in [1.807, 2.05) is 0 Å². The molecule has 0 aliphatic carbocycles. The summed E-state index contributed by atoms with van der Waals surface area (Å²) in [6, 6.07) is 17.0. The molecule has 7 rings (SSSR count). The van der Waals surface area contributed by atoms with E-state index in [0.29, 0.717) is 19.8 Å². The third-order valence-electron chi connectivity index (χ3n) is 6.59. The van der Waals surface area contributed by atoms with E-state index < -0.39 is 0 Å². The molecule has 2 aliphatic rings. The summed E-state index contributed by atoms with van der Waals surface area (Å²) in [5.41, 5.74) is 6.76. The molecule has 5 aromatic rings. The first kappa shape index (κ1) is 15.6. The summed E-state index contributed by atoms with van der Waals surface area (Å²) in [7, 11) is 0. The predicted octanol–water partition coefficient (Wildman–Crippen LogP) is 4.18. The number of rotatable bonds is 0. The van der Waals surface area contributed by atoms with Gasteiger partial charge in [0.25, 0.3) is 5.91 Å². The maximum Gasteiger partial charge on any atom is 0.252 e. The monoisotopic (exact) mass is 381 g/mol. The molecule has 0 saturated heterocycles. The number of amides is 1. The molecule has 142 valence electrons. The van der Waals surface area contributed by atoms with Crippen LogP contribution in [0.2, 0.25) is 0 Å². The Balaban J connectivity index is 1.89. The van der Waals surface area contributed by atoms with E-state index in [1.165, 1.54) is 32.8 Å². The summed E-state index contributed by atoms with van der Waals surface area (Å²) in [4.78, 5) is 13.0. The van der Waals surface area contributed by atoms with Gasteiger partial charge in [0, 0.05) is 52.2 Å². The number of ether oxygens (including phenoxy) is 1. The number of nitrogens with one attached hydrogen (secondary N) is 1. The average Bonchev–Trinajstić information content (AvgIpc) is 3.40. The second kappa shape index (κ2) is 5.39. The van der Waals surface area contributed by atoms with Crippen LogP contribution in [-0.4, -0.2) is 28.3 Å². The number of hydrogen-bond donors (Lipinski definition) is 1. The van der Waals surface area contributed by atoms with Crippen molar-refractivity contribution >= 4 is 49.5 Å². The highest BCUT2D eigenvalue weighted by Crippen LogP contribution is 2.44. The van der Waals surface area contributed by atoms with Crippen LogP contribution in [0.3, 0.4) is 0 Å². The third-order valence-corrected chi connectivity index (χ3v) is 6.59. The molecule has 0 atom stereocenters. The van der Waals surface area contributed by atoms with Crippen LogP contribution in [0, 0.1) is 0 Å². The molecular formula is C24H19N3O2. The van der Waals surface area contributed by atoms with Crippen molar-refractivity contribution in [2.75, 3.05) is 13.2 Å². The van der Waals surface area contributed by atoms with E-state index >= 15 is 0 Å². The van der Waals surface area contributed by atoms with Crippen molar-refractivity contribution in [2.45, 2.75) is 19.6 Å². The van der Waals surface area contributed by atoms with Gasteiger partial charge in [-0.2, -0.15) is 0 Å². The van der Waals surface area contributed by atoms with Crippen LogP contribution in [0.15, 0.2) is 48.5 Å². The molecule has 3 aromatic carbocycles. The van der Waals surface area contributed by atoms with Gasteiger partial charge in [-0.3, -0.25) is 4.79 Å². The van der Waals surface area contributed by atoms with E-state index in [1.54, 1.807) is 0 Å². The van der Waals surface area contributed by atoms with Crippen molar-refractivity contribution in [1.82, 2.24) is 14.5 Å². The number of para-hydroxylation sites is 2. The van der Waals surface area contributed by atoms with Gasteiger partial charge in [-0.05, 0) is 17.7 Å². The third kappa shape index (κ3) is 1.81. The summed E-state index contributed by atoms with van der Waals surface area (Å²) in [6.45, 7) is 3.53. The van der Waals surface area contributed by atoms with Crippen LogP contribution < -0.4 is 5.32 Å². The van der Waals surface area contributed by atoms with Crippen molar-refractivity contribution in [3.63, 3.8) is 0 Å². The molecule has 1 amide bonds. The molecule has 0 saturated carbocycles. The summed E-state index contributed by atoms with van der Waals surface area (Å²) in [5.74, 6) is 0.0396. The predicted molar refractivity (Wildman–Crippen MR) is 114 cm³/mol. The molecule has 5 heteroatoms. The Labute approximate surface area is 166 Å². The van der Waals surface area contributed by atoms with Gasteiger partial charge >= 0.3 is 0 Å². The van der Waals surface area contributed by atoms with Gasteiger partial charge in [0.2, 0.25) is 0 Å². The van der Waals surface area contributed by atoms with Gasteiger partial charge in [-0.15, -0.1) is 0 Å². The molecule has 1 N–H and O–H groups in total. The molecular weight excluding hydrogens is 362 g/mol. The second-order valence-corrected chi connectivity index (χ2v) is 7.93. The van der Waals surface area contributed by atoms with Crippen molar-refractivity contribution in [3.8, 4) is 0 Å². The summed E-state index contributed by atoms with van der Waals surface area (Å²) in [5, 5.41) is 7.77. The first-order valence-electron chi connectivity index (χ1n) is 10.2. The maximum atomic E-state index is 13.0. The molecule has 0 radical (unpaired) electrons. The minimum atomic E-state index is 0.0396. The van der Waals surface area contributed by atoms with Crippen LogP contribution in [-0.2, 0) is 24.4 Å². The largest absolute Gasteiger partial charge is 0.378 e. The Kier molecular flexibility index (Phi) is 2.90. The normalized spacial score (nSPS) is 16.5. The highest BCUT2D eigenvalue weighted by Gasteiger charge is 2.32. The lowest BCUT2D eigenvalue weighted by Gasteiger charge is -2.10. The SMILES string of the molecule is O=C1NCc2c1c1c3ccccc3n3c1c1c2c2ccccc2n1CCOCC3. The number of carbonyl (C=O) groups is 1. The number of hydrogen-bond acceptors (Lipinski definition) is 2. The summed E-state index contributed by atoms with van der Waals surface area (Å²) < 4.78 is 10.7. The van der Waals surface area contributed by atoms with Crippen LogP contribution in [0.5, 0.6) is 0 Å². The number of nitrogens with zero attached hydrogens (tertiary/aromatic N) is 2. The van der Waals surface area contributed by atoms with E-state index in [0.717, 1.165) is 35.0 Å². The molecule has 4 heterocycles. The molecule has 0 spiro atoms. The molecule has 5 nitrogen and oxygen atoms in total. The van der Waals surface area contributed by atoms with Crippen LogP contribution in [0.25, 0.3) is 43.6 Å². The Morgan fingerprint density at radius 3 is 2.07 bits per heavy atom. The van der Waals surface area contributed by atoms with Gasteiger partial charge < -0.3 is 19.2 Å². The highest BCUT2D eigenvalue weighted by atomic mass is 16.5. The Hall–Kier alpha value is -3.31. The zero-order valence-electron chi connectivity index (χ0n) is 15.9. The van der Waals surface area contributed by atoms with E-state index in [9.17, 15) is 4.79 Å². The fourth-order valence-electron chi connectivity index (χ4n) is 5.50. The lowest BCUT2D eigenvalue weighted by Crippen LogP contribution is -2.12. The average molecular weight is 381 g/mol. The van der Waals surface area contributed by atoms with Gasteiger partial charge in [0.1, 0.15) is 0 Å².